The molecule has 1 atom stereocenters. The van der Waals surface area contributed by atoms with E-state index in [1.54, 1.807) is 0 Å². The molecule has 2 aromatic carbocycles. The van der Waals surface area contributed by atoms with E-state index >= 15 is 0 Å². The zero-order chi connectivity index (χ0) is 17.1. The number of hydrogen-bond donors (Lipinski definition) is 1. The summed E-state index contributed by atoms with van der Waals surface area (Å²) >= 11 is 0. The molecule has 1 saturated heterocycles. The number of nitrogens with zero attached hydrogens (tertiary/aromatic N) is 2. The summed E-state index contributed by atoms with van der Waals surface area (Å²) in [6.07, 6.45) is 1.52. The van der Waals surface area contributed by atoms with Crippen LogP contribution in [0.25, 0.3) is 11.3 Å². The van der Waals surface area contributed by atoms with Crippen molar-refractivity contribution in [1.82, 2.24) is 15.4 Å². The van der Waals surface area contributed by atoms with Crippen molar-refractivity contribution in [1.29, 1.82) is 0 Å². The van der Waals surface area contributed by atoms with Crippen LogP contribution in [0.2, 0.25) is 0 Å². The second-order valence-corrected chi connectivity index (χ2v) is 6.10. The van der Waals surface area contributed by atoms with Crippen molar-refractivity contribution in [3.63, 3.8) is 0 Å². The third-order valence-corrected chi connectivity index (χ3v) is 4.50. The zero-order valence-corrected chi connectivity index (χ0v) is 13.8. The number of piperazine rings is 1. The molecule has 1 fully saturated rings. The summed E-state index contributed by atoms with van der Waals surface area (Å²) in [4.78, 5) is 14.9. The van der Waals surface area contributed by atoms with Crippen LogP contribution in [-0.4, -0.2) is 35.6 Å². The molecule has 4 rings (SSSR count). The maximum atomic E-state index is 13.0. The van der Waals surface area contributed by atoms with Crippen molar-refractivity contribution in [2.24, 2.45) is 0 Å². The van der Waals surface area contributed by atoms with Gasteiger partial charge in [-0.25, -0.2) is 0 Å². The van der Waals surface area contributed by atoms with Gasteiger partial charge in [0.25, 0.3) is 5.91 Å². The number of nitrogens with one attached hydrogen (secondary N) is 1. The normalized spacial score (nSPS) is 17.4. The molecule has 0 saturated carbocycles. The Hall–Kier alpha value is -2.92. The van der Waals surface area contributed by atoms with Gasteiger partial charge in [0.15, 0.2) is 5.76 Å². The average molecular weight is 333 g/mol. The summed E-state index contributed by atoms with van der Waals surface area (Å²) in [6.45, 7) is 2.06. The first-order valence-electron chi connectivity index (χ1n) is 8.40. The van der Waals surface area contributed by atoms with E-state index in [1.165, 1.54) is 11.8 Å². The number of amides is 1. The molecule has 0 aliphatic carbocycles. The minimum atomic E-state index is -0.0393. The first-order chi connectivity index (χ1) is 12.3. The van der Waals surface area contributed by atoms with Crippen molar-refractivity contribution in [3.05, 3.63) is 78.0 Å². The van der Waals surface area contributed by atoms with Gasteiger partial charge in [0, 0.05) is 31.2 Å². The van der Waals surface area contributed by atoms with Crippen molar-refractivity contribution in [2.45, 2.75) is 6.04 Å². The number of hydrogen-bond acceptors (Lipinski definition) is 4. The lowest BCUT2D eigenvalue weighted by atomic mass is 10.0. The highest BCUT2D eigenvalue weighted by Gasteiger charge is 2.28. The molecule has 5 nitrogen and oxygen atoms in total. The standard InChI is InChI=1S/C20H19N3O2/c24-20(17-13-22-25-19(17)16-9-5-2-6-10-16)23-12-11-21-18(14-23)15-7-3-1-4-8-15/h1-10,13,18,21H,11-12,14H2/t18-/m1/s1. The van der Waals surface area contributed by atoms with Gasteiger partial charge in [0.1, 0.15) is 5.56 Å². The predicted octanol–water partition coefficient (Wildman–Crippen LogP) is 3.13. The lowest BCUT2D eigenvalue weighted by molar-refractivity contribution is 0.0703. The summed E-state index contributed by atoms with van der Waals surface area (Å²) < 4.78 is 5.36. The van der Waals surface area contributed by atoms with E-state index in [2.05, 4.69) is 22.6 Å². The van der Waals surface area contributed by atoms with Crippen LogP contribution >= 0.6 is 0 Å². The smallest absolute Gasteiger partial charge is 0.259 e. The maximum absolute atomic E-state index is 13.0. The van der Waals surface area contributed by atoms with Crippen LogP contribution in [0.4, 0.5) is 0 Å². The van der Waals surface area contributed by atoms with Crippen LogP contribution in [-0.2, 0) is 0 Å². The van der Waals surface area contributed by atoms with Crippen LogP contribution in [0.5, 0.6) is 0 Å². The summed E-state index contributed by atoms with van der Waals surface area (Å²) in [7, 11) is 0. The molecular weight excluding hydrogens is 314 g/mol. The molecule has 5 heteroatoms. The second kappa shape index (κ2) is 6.91. The molecule has 3 aromatic rings. The Bertz CT molecular complexity index is 846. The molecule has 1 aliphatic heterocycles. The van der Waals surface area contributed by atoms with E-state index in [0.29, 0.717) is 24.4 Å². The van der Waals surface area contributed by atoms with Gasteiger partial charge >= 0.3 is 0 Å². The summed E-state index contributed by atoms with van der Waals surface area (Å²) in [5, 5.41) is 7.33. The highest BCUT2D eigenvalue weighted by molar-refractivity contribution is 5.99. The minimum Gasteiger partial charge on any atom is -0.355 e. The van der Waals surface area contributed by atoms with Crippen LogP contribution in [0.15, 0.2) is 71.4 Å². The van der Waals surface area contributed by atoms with Gasteiger partial charge in [0.2, 0.25) is 0 Å². The topological polar surface area (TPSA) is 58.4 Å². The maximum Gasteiger partial charge on any atom is 0.259 e. The summed E-state index contributed by atoms with van der Waals surface area (Å²) in [5.74, 6) is 0.489. The molecule has 1 aliphatic rings. The third-order valence-electron chi connectivity index (χ3n) is 4.50. The molecule has 1 N–H and O–H groups in total. The van der Waals surface area contributed by atoms with E-state index < -0.39 is 0 Å². The Morgan fingerprint density at radius 2 is 1.80 bits per heavy atom. The van der Waals surface area contributed by atoms with Gasteiger partial charge in [-0.05, 0) is 5.56 Å². The number of carbonyl (C=O) groups excluding carboxylic acids is 1. The van der Waals surface area contributed by atoms with Gasteiger partial charge in [-0.15, -0.1) is 0 Å². The van der Waals surface area contributed by atoms with Crippen LogP contribution in [0.3, 0.4) is 0 Å². The lowest BCUT2D eigenvalue weighted by Crippen LogP contribution is -2.48. The van der Waals surface area contributed by atoms with E-state index in [4.69, 9.17) is 4.52 Å². The average Bonchev–Trinajstić information content (AvgIpc) is 3.19. The van der Waals surface area contributed by atoms with Crippen molar-refractivity contribution in [3.8, 4) is 11.3 Å². The second-order valence-electron chi connectivity index (χ2n) is 6.10. The highest BCUT2D eigenvalue weighted by Crippen LogP contribution is 2.26. The molecule has 126 valence electrons. The summed E-state index contributed by atoms with van der Waals surface area (Å²) in [6, 6.07) is 19.9. The van der Waals surface area contributed by atoms with E-state index in [0.717, 1.165) is 12.1 Å². The Kier molecular flexibility index (Phi) is 4.31. The van der Waals surface area contributed by atoms with Gasteiger partial charge in [-0.3, -0.25) is 4.79 Å². The van der Waals surface area contributed by atoms with Crippen LogP contribution in [0, 0.1) is 0 Å². The van der Waals surface area contributed by atoms with E-state index in [9.17, 15) is 4.79 Å². The number of carbonyl (C=O) groups is 1. The number of rotatable bonds is 3. The first-order valence-corrected chi connectivity index (χ1v) is 8.40. The Morgan fingerprint density at radius 3 is 2.56 bits per heavy atom. The molecule has 25 heavy (non-hydrogen) atoms. The van der Waals surface area contributed by atoms with Crippen molar-refractivity contribution >= 4 is 5.91 Å². The van der Waals surface area contributed by atoms with Crippen molar-refractivity contribution < 1.29 is 9.32 Å². The largest absolute Gasteiger partial charge is 0.355 e. The molecule has 0 radical (unpaired) electrons. The fraction of sp³-hybridized carbons (Fsp3) is 0.200. The van der Waals surface area contributed by atoms with Gasteiger partial charge in [0.05, 0.1) is 6.20 Å². The van der Waals surface area contributed by atoms with E-state index in [1.807, 2.05) is 53.4 Å². The SMILES string of the molecule is O=C(c1cnoc1-c1ccccc1)N1CCN[C@@H](c2ccccc2)C1. The molecule has 2 heterocycles. The quantitative estimate of drug-likeness (QED) is 0.800. The van der Waals surface area contributed by atoms with Crippen LogP contribution < -0.4 is 5.32 Å². The molecule has 1 amide bonds. The molecule has 0 spiro atoms. The number of aromatic nitrogens is 1. The Morgan fingerprint density at radius 1 is 1.08 bits per heavy atom. The van der Waals surface area contributed by atoms with E-state index in [-0.39, 0.29) is 11.9 Å². The summed E-state index contributed by atoms with van der Waals surface area (Å²) in [5.41, 5.74) is 2.56. The highest BCUT2D eigenvalue weighted by atomic mass is 16.5. The number of benzene rings is 2. The lowest BCUT2D eigenvalue weighted by Gasteiger charge is -2.33. The van der Waals surface area contributed by atoms with Crippen molar-refractivity contribution in [2.75, 3.05) is 19.6 Å². The van der Waals surface area contributed by atoms with Gasteiger partial charge in [-0.2, -0.15) is 0 Å². The monoisotopic (exact) mass is 333 g/mol. The molecule has 0 unspecified atom stereocenters. The fourth-order valence-electron chi connectivity index (χ4n) is 3.20. The van der Waals surface area contributed by atoms with Crippen LogP contribution in [0.1, 0.15) is 22.0 Å². The molecule has 0 bridgehead atoms. The molecular formula is C20H19N3O2. The molecule has 1 aromatic heterocycles. The van der Waals surface area contributed by atoms with Gasteiger partial charge in [-0.1, -0.05) is 65.8 Å². The Balaban J connectivity index is 1.57. The predicted molar refractivity (Wildman–Crippen MR) is 95.0 cm³/mol. The first kappa shape index (κ1) is 15.6. The third kappa shape index (κ3) is 3.19. The zero-order valence-electron chi connectivity index (χ0n) is 13.8. The minimum absolute atomic E-state index is 0.0393. The fourth-order valence-corrected chi connectivity index (χ4v) is 3.20. The Labute approximate surface area is 146 Å². The van der Waals surface area contributed by atoms with Gasteiger partial charge < -0.3 is 14.7 Å².